The first kappa shape index (κ1) is 11.0. The van der Waals surface area contributed by atoms with E-state index in [9.17, 15) is 13.2 Å². The first-order valence-electron chi connectivity index (χ1n) is 4.31. The summed E-state index contributed by atoms with van der Waals surface area (Å²) in [4.78, 5) is 0. The van der Waals surface area contributed by atoms with Crippen molar-refractivity contribution in [2.75, 3.05) is 6.54 Å². The van der Waals surface area contributed by atoms with Crippen LogP contribution in [0.15, 0.2) is 24.3 Å². The minimum atomic E-state index is -4.25. The Labute approximate surface area is 80.9 Å². The van der Waals surface area contributed by atoms with Crippen LogP contribution in [0.4, 0.5) is 13.2 Å². The zero-order valence-electron chi connectivity index (χ0n) is 7.64. The molecule has 1 aromatic rings. The second-order valence-electron chi connectivity index (χ2n) is 2.98. The summed E-state index contributed by atoms with van der Waals surface area (Å²) in [5, 5.41) is 1.62. The lowest BCUT2D eigenvalue weighted by atomic mass is 10.0. The van der Waals surface area contributed by atoms with Crippen LogP contribution < -0.4 is 5.32 Å². The maximum atomic E-state index is 12.4. The smallest absolute Gasteiger partial charge is 0.416 e. The van der Waals surface area contributed by atoms with Crippen molar-refractivity contribution in [2.24, 2.45) is 0 Å². The SMILES string of the molecule is [CH2-][NH2+]CCc1ccccc1C(F)(F)F. The van der Waals surface area contributed by atoms with Gasteiger partial charge in [-0.3, -0.25) is 0 Å². The Morgan fingerprint density at radius 2 is 1.86 bits per heavy atom. The summed E-state index contributed by atoms with van der Waals surface area (Å²) in [5.41, 5.74) is -0.207. The van der Waals surface area contributed by atoms with Gasteiger partial charge in [0.1, 0.15) is 0 Å². The largest absolute Gasteiger partial charge is 0.479 e. The molecule has 0 amide bonds. The third kappa shape index (κ3) is 2.73. The van der Waals surface area contributed by atoms with E-state index >= 15 is 0 Å². The number of rotatable bonds is 3. The van der Waals surface area contributed by atoms with Gasteiger partial charge in [-0.25, -0.2) is 0 Å². The molecule has 0 fully saturated rings. The molecule has 4 heteroatoms. The molecule has 78 valence electrons. The Hall–Kier alpha value is -1.03. The normalized spacial score (nSPS) is 11.7. The molecule has 0 saturated carbocycles. The Morgan fingerprint density at radius 1 is 1.21 bits per heavy atom. The molecular formula is C10H12F3N. The van der Waals surface area contributed by atoms with E-state index in [-0.39, 0.29) is 0 Å². The fourth-order valence-corrected chi connectivity index (χ4v) is 1.27. The highest BCUT2D eigenvalue weighted by Gasteiger charge is 2.32. The van der Waals surface area contributed by atoms with Crippen molar-refractivity contribution in [3.05, 3.63) is 42.4 Å². The van der Waals surface area contributed by atoms with E-state index in [1.165, 1.54) is 12.1 Å². The number of nitrogens with two attached hydrogens (primary N) is 1. The quantitative estimate of drug-likeness (QED) is 0.719. The lowest BCUT2D eigenvalue weighted by Gasteiger charge is -2.11. The molecule has 0 aliphatic heterocycles. The third-order valence-corrected chi connectivity index (χ3v) is 1.94. The van der Waals surface area contributed by atoms with E-state index < -0.39 is 11.7 Å². The van der Waals surface area contributed by atoms with Crippen molar-refractivity contribution in [1.82, 2.24) is 0 Å². The van der Waals surface area contributed by atoms with E-state index in [2.05, 4.69) is 7.05 Å². The highest BCUT2D eigenvalue weighted by atomic mass is 19.4. The van der Waals surface area contributed by atoms with Gasteiger partial charge < -0.3 is 5.32 Å². The summed E-state index contributed by atoms with van der Waals surface area (Å²) in [6, 6.07) is 5.64. The Kier molecular flexibility index (Phi) is 3.52. The lowest BCUT2D eigenvalue weighted by Crippen LogP contribution is -2.77. The summed E-state index contributed by atoms with van der Waals surface area (Å²) in [6.45, 7) is 0.563. The van der Waals surface area contributed by atoms with Crippen LogP contribution in [-0.2, 0) is 12.6 Å². The molecule has 0 saturated heterocycles. The van der Waals surface area contributed by atoms with Gasteiger partial charge in [-0.15, -0.1) is 0 Å². The standard InChI is InChI=1S/C10H12F3N/c1-14-7-6-8-4-2-3-5-9(8)10(11,12)13/h2-5H,1,6-7,14H2. The monoisotopic (exact) mass is 203 g/mol. The van der Waals surface area contributed by atoms with Crippen molar-refractivity contribution < 1.29 is 18.5 Å². The van der Waals surface area contributed by atoms with E-state index in [1.54, 1.807) is 11.4 Å². The van der Waals surface area contributed by atoms with Crippen LogP contribution in [0.3, 0.4) is 0 Å². The number of hydrogen-bond donors (Lipinski definition) is 1. The van der Waals surface area contributed by atoms with Crippen LogP contribution in [0.5, 0.6) is 0 Å². The molecule has 0 aliphatic carbocycles. The molecule has 1 rings (SSSR count). The van der Waals surface area contributed by atoms with Gasteiger partial charge in [0, 0.05) is 6.42 Å². The second kappa shape index (κ2) is 4.46. The summed E-state index contributed by atoms with van der Waals surface area (Å²) in [6.07, 6.45) is -3.86. The van der Waals surface area contributed by atoms with E-state index in [0.717, 1.165) is 6.07 Å². The lowest BCUT2D eigenvalue weighted by molar-refractivity contribution is -0.594. The topological polar surface area (TPSA) is 16.6 Å². The van der Waals surface area contributed by atoms with Gasteiger partial charge in [-0.1, -0.05) is 18.2 Å². The fraction of sp³-hybridized carbons (Fsp3) is 0.300. The molecular weight excluding hydrogens is 191 g/mol. The fourth-order valence-electron chi connectivity index (χ4n) is 1.27. The zero-order valence-corrected chi connectivity index (χ0v) is 7.64. The average molecular weight is 203 g/mol. The number of benzene rings is 1. The molecule has 1 nitrogen and oxygen atoms in total. The summed E-state index contributed by atoms with van der Waals surface area (Å²) in [7, 11) is 3.49. The van der Waals surface area contributed by atoms with Crippen LogP contribution in [0, 0.1) is 7.05 Å². The summed E-state index contributed by atoms with van der Waals surface area (Å²) >= 11 is 0. The molecule has 0 aliphatic rings. The predicted molar refractivity (Wildman–Crippen MR) is 47.3 cm³/mol. The van der Waals surface area contributed by atoms with Gasteiger partial charge in [0.15, 0.2) is 0 Å². The minimum absolute atomic E-state index is 0.333. The minimum Gasteiger partial charge on any atom is -0.479 e. The Bertz CT molecular complexity index is 294. The number of quaternary nitrogens is 1. The van der Waals surface area contributed by atoms with Crippen LogP contribution >= 0.6 is 0 Å². The molecule has 0 atom stereocenters. The zero-order chi connectivity index (χ0) is 10.6. The van der Waals surface area contributed by atoms with Crippen molar-refractivity contribution in [2.45, 2.75) is 12.6 Å². The van der Waals surface area contributed by atoms with E-state index in [1.807, 2.05) is 0 Å². The van der Waals surface area contributed by atoms with Gasteiger partial charge in [0.2, 0.25) is 0 Å². The average Bonchev–Trinajstić information content (AvgIpc) is 2.14. The van der Waals surface area contributed by atoms with Crippen molar-refractivity contribution in [3.63, 3.8) is 0 Å². The van der Waals surface area contributed by atoms with Gasteiger partial charge in [-0.05, 0) is 11.6 Å². The molecule has 0 heterocycles. The van der Waals surface area contributed by atoms with Crippen molar-refractivity contribution in [3.8, 4) is 0 Å². The van der Waals surface area contributed by atoms with Gasteiger partial charge in [0.05, 0.1) is 12.1 Å². The number of hydrogen-bond acceptors (Lipinski definition) is 0. The maximum absolute atomic E-state index is 12.4. The Balaban J connectivity index is 2.92. The Morgan fingerprint density at radius 3 is 2.43 bits per heavy atom. The van der Waals surface area contributed by atoms with E-state index in [0.29, 0.717) is 18.5 Å². The molecule has 14 heavy (non-hydrogen) atoms. The molecule has 0 aromatic heterocycles. The molecule has 0 bridgehead atoms. The van der Waals surface area contributed by atoms with E-state index in [4.69, 9.17) is 0 Å². The number of alkyl halides is 3. The summed E-state index contributed by atoms with van der Waals surface area (Å²) < 4.78 is 37.3. The van der Waals surface area contributed by atoms with Crippen LogP contribution in [0.1, 0.15) is 11.1 Å². The van der Waals surface area contributed by atoms with Crippen molar-refractivity contribution in [1.29, 1.82) is 0 Å². The highest BCUT2D eigenvalue weighted by Crippen LogP contribution is 2.31. The molecule has 2 N–H and O–H groups in total. The summed E-state index contributed by atoms with van der Waals surface area (Å²) in [5.74, 6) is 0. The van der Waals surface area contributed by atoms with Crippen LogP contribution in [0.25, 0.3) is 0 Å². The van der Waals surface area contributed by atoms with Crippen LogP contribution in [0.2, 0.25) is 0 Å². The van der Waals surface area contributed by atoms with Gasteiger partial charge in [0.25, 0.3) is 0 Å². The molecule has 1 aromatic carbocycles. The molecule has 0 radical (unpaired) electrons. The molecule has 0 spiro atoms. The first-order valence-corrected chi connectivity index (χ1v) is 4.31. The third-order valence-electron chi connectivity index (χ3n) is 1.94. The second-order valence-corrected chi connectivity index (χ2v) is 2.98. The van der Waals surface area contributed by atoms with Gasteiger partial charge >= 0.3 is 6.18 Å². The van der Waals surface area contributed by atoms with Crippen molar-refractivity contribution >= 4 is 0 Å². The predicted octanol–water partition coefficient (Wildman–Crippen LogP) is 1.60. The number of halogens is 3. The first-order chi connectivity index (χ1) is 6.55. The van der Waals surface area contributed by atoms with Crippen LogP contribution in [-0.4, -0.2) is 6.54 Å². The highest BCUT2D eigenvalue weighted by molar-refractivity contribution is 5.29. The molecule has 0 unspecified atom stereocenters. The van der Waals surface area contributed by atoms with Gasteiger partial charge in [-0.2, -0.15) is 20.2 Å². The maximum Gasteiger partial charge on any atom is 0.416 e.